The Hall–Kier alpha value is -2.26. The van der Waals surface area contributed by atoms with Gasteiger partial charge in [0.05, 0.1) is 26.9 Å². The molecular formula is C13H14N2O3S. The Morgan fingerprint density at radius 3 is 2.26 bits per heavy atom. The zero-order valence-corrected chi connectivity index (χ0v) is 11.7. The van der Waals surface area contributed by atoms with E-state index in [1.807, 2.05) is 6.07 Å². The predicted octanol–water partition coefficient (Wildman–Crippen LogP) is 1.91. The highest BCUT2D eigenvalue weighted by Gasteiger charge is 2.15. The lowest BCUT2D eigenvalue weighted by Gasteiger charge is -2.14. The van der Waals surface area contributed by atoms with Crippen LogP contribution in [0.4, 0.5) is 0 Å². The fourth-order valence-corrected chi connectivity index (χ4v) is 1.66. The number of hydrogen-bond donors (Lipinski definition) is 1. The van der Waals surface area contributed by atoms with E-state index in [1.165, 1.54) is 21.3 Å². The number of thiocarbonyl (C=S) groups is 1. The van der Waals surface area contributed by atoms with Crippen molar-refractivity contribution in [2.24, 2.45) is 5.73 Å². The first kappa shape index (κ1) is 14.8. The normalized spacial score (nSPS) is 10.5. The molecule has 0 heterocycles. The topological polar surface area (TPSA) is 77.5 Å². The number of methoxy groups -OCH3 is 3. The van der Waals surface area contributed by atoms with Gasteiger partial charge in [0.2, 0.25) is 5.75 Å². The zero-order chi connectivity index (χ0) is 14.4. The van der Waals surface area contributed by atoms with Crippen molar-refractivity contribution in [3.63, 3.8) is 0 Å². The maximum Gasteiger partial charge on any atom is 0.203 e. The smallest absolute Gasteiger partial charge is 0.203 e. The van der Waals surface area contributed by atoms with E-state index in [4.69, 9.17) is 37.4 Å². The maximum atomic E-state index is 8.97. The highest BCUT2D eigenvalue weighted by atomic mass is 32.1. The molecule has 0 aromatic heterocycles. The van der Waals surface area contributed by atoms with Crippen LogP contribution >= 0.6 is 12.2 Å². The molecule has 1 aromatic rings. The van der Waals surface area contributed by atoms with Crippen molar-refractivity contribution < 1.29 is 14.2 Å². The van der Waals surface area contributed by atoms with Gasteiger partial charge in [-0.15, -0.1) is 0 Å². The van der Waals surface area contributed by atoms with E-state index in [0.29, 0.717) is 22.8 Å². The lowest BCUT2D eigenvalue weighted by molar-refractivity contribution is 0.324. The molecule has 100 valence electrons. The Bertz CT molecular complexity index is 562. The summed E-state index contributed by atoms with van der Waals surface area (Å²) in [6.45, 7) is 0. The molecule has 0 spiro atoms. The number of nitriles is 1. The third-order valence-corrected chi connectivity index (χ3v) is 2.64. The number of nitrogens with two attached hydrogens (primary N) is 1. The van der Waals surface area contributed by atoms with Crippen LogP contribution in [-0.4, -0.2) is 26.3 Å². The van der Waals surface area contributed by atoms with Gasteiger partial charge >= 0.3 is 0 Å². The lowest BCUT2D eigenvalue weighted by Crippen LogP contribution is -2.09. The molecule has 19 heavy (non-hydrogen) atoms. The molecule has 0 fully saturated rings. The van der Waals surface area contributed by atoms with Crippen LogP contribution in [-0.2, 0) is 0 Å². The van der Waals surface area contributed by atoms with Gasteiger partial charge in [-0.2, -0.15) is 5.26 Å². The molecule has 1 rings (SSSR count). The SMILES string of the molecule is COc1ccc(C=C(C#N)C(N)=S)c(OC)c1OC. The summed E-state index contributed by atoms with van der Waals surface area (Å²) in [6, 6.07) is 5.38. The van der Waals surface area contributed by atoms with E-state index in [-0.39, 0.29) is 10.6 Å². The van der Waals surface area contributed by atoms with Gasteiger partial charge in [0.15, 0.2) is 11.5 Å². The summed E-state index contributed by atoms with van der Waals surface area (Å²) in [5.41, 5.74) is 6.28. The Labute approximate surface area is 117 Å². The van der Waals surface area contributed by atoms with Gasteiger partial charge < -0.3 is 19.9 Å². The number of nitrogens with zero attached hydrogens (tertiary/aromatic N) is 1. The number of benzene rings is 1. The first-order valence-corrected chi connectivity index (χ1v) is 5.70. The molecular weight excluding hydrogens is 264 g/mol. The van der Waals surface area contributed by atoms with Crippen molar-refractivity contribution in [3.05, 3.63) is 23.3 Å². The van der Waals surface area contributed by atoms with Crippen molar-refractivity contribution in [2.75, 3.05) is 21.3 Å². The van der Waals surface area contributed by atoms with Crippen LogP contribution in [0, 0.1) is 11.3 Å². The Balaban J connectivity index is 3.46. The highest BCUT2D eigenvalue weighted by Crippen LogP contribution is 2.40. The highest BCUT2D eigenvalue weighted by molar-refractivity contribution is 7.80. The third kappa shape index (κ3) is 3.14. The molecule has 0 saturated heterocycles. The molecule has 0 saturated carbocycles. The van der Waals surface area contributed by atoms with Crippen molar-refractivity contribution in [1.29, 1.82) is 5.26 Å². The first-order valence-electron chi connectivity index (χ1n) is 5.29. The van der Waals surface area contributed by atoms with Gasteiger partial charge in [0.1, 0.15) is 11.1 Å². The predicted molar refractivity (Wildman–Crippen MR) is 76.5 cm³/mol. The van der Waals surface area contributed by atoms with E-state index >= 15 is 0 Å². The quantitative estimate of drug-likeness (QED) is 0.503. The van der Waals surface area contributed by atoms with Gasteiger partial charge in [-0.1, -0.05) is 12.2 Å². The van der Waals surface area contributed by atoms with Crippen molar-refractivity contribution in [3.8, 4) is 23.3 Å². The van der Waals surface area contributed by atoms with Crippen LogP contribution in [0.2, 0.25) is 0 Å². The molecule has 0 aliphatic rings. The zero-order valence-electron chi connectivity index (χ0n) is 10.9. The Kier molecular flexibility index (Phi) is 5.15. The second kappa shape index (κ2) is 6.61. The van der Waals surface area contributed by atoms with Crippen LogP contribution in [0.3, 0.4) is 0 Å². The van der Waals surface area contributed by atoms with E-state index in [1.54, 1.807) is 18.2 Å². The molecule has 1 aromatic carbocycles. The minimum absolute atomic E-state index is 0.0272. The number of hydrogen-bond acceptors (Lipinski definition) is 5. The second-order valence-corrected chi connectivity index (χ2v) is 3.90. The van der Waals surface area contributed by atoms with Crippen molar-refractivity contribution in [1.82, 2.24) is 0 Å². The molecule has 5 nitrogen and oxygen atoms in total. The molecule has 6 heteroatoms. The van der Waals surface area contributed by atoms with Crippen LogP contribution in [0.25, 0.3) is 6.08 Å². The average molecular weight is 278 g/mol. The molecule has 0 unspecified atom stereocenters. The van der Waals surface area contributed by atoms with Crippen LogP contribution in [0.15, 0.2) is 17.7 Å². The number of ether oxygens (including phenoxy) is 3. The van der Waals surface area contributed by atoms with E-state index in [2.05, 4.69) is 0 Å². The van der Waals surface area contributed by atoms with Crippen LogP contribution in [0.1, 0.15) is 5.56 Å². The van der Waals surface area contributed by atoms with Crippen molar-refractivity contribution in [2.45, 2.75) is 0 Å². The molecule has 2 N–H and O–H groups in total. The Morgan fingerprint density at radius 2 is 1.84 bits per heavy atom. The third-order valence-electron chi connectivity index (χ3n) is 2.42. The second-order valence-electron chi connectivity index (χ2n) is 3.46. The maximum absolute atomic E-state index is 8.97. The van der Waals surface area contributed by atoms with Crippen LogP contribution in [0.5, 0.6) is 17.2 Å². The Morgan fingerprint density at radius 1 is 1.21 bits per heavy atom. The molecule has 0 radical (unpaired) electrons. The molecule has 0 atom stereocenters. The summed E-state index contributed by atoms with van der Waals surface area (Å²) in [6.07, 6.45) is 1.54. The van der Waals surface area contributed by atoms with Gasteiger partial charge in [-0.25, -0.2) is 0 Å². The lowest BCUT2D eigenvalue weighted by atomic mass is 10.1. The summed E-state index contributed by atoms with van der Waals surface area (Å²) in [4.78, 5) is 0.0272. The summed E-state index contributed by atoms with van der Waals surface area (Å²) < 4.78 is 15.7. The summed E-state index contributed by atoms with van der Waals surface area (Å²) in [5.74, 6) is 1.43. The minimum atomic E-state index is 0.0272. The first-order chi connectivity index (χ1) is 9.08. The van der Waals surface area contributed by atoms with Crippen LogP contribution < -0.4 is 19.9 Å². The van der Waals surface area contributed by atoms with Gasteiger partial charge in [-0.3, -0.25) is 0 Å². The monoisotopic (exact) mass is 278 g/mol. The fourth-order valence-electron chi connectivity index (χ4n) is 1.55. The van der Waals surface area contributed by atoms with E-state index in [9.17, 15) is 0 Å². The molecule has 0 aliphatic carbocycles. The van der Waals surface area contributed by atoms with Crippen molar-refractivity contribution >= 4 is 23.3 Å². The summed E-state index contributed by atoms with van der Waals surface area (Å²) >= 11 is 4.79. The standard InChI is InChI=1S/C13H14N2O3S/c1-16-10-5-4-8(6-9(7-14)13(15)19)11(17-2)12(10)18-3/h4-6H,1-3H3,(H2,15,19). The molecule has 0 amide bonds. The van der Waals surface area contributed by atoms with E-state index in [0.717, 1.165) is 0 Å². The largest absolute Gasteiger partial charge is 0.493 e. The molecule has 0 aliphatic heterocycles. The van der Waals surface area contributed by atoms with Gasteiger partial charge in [-0.05, 0) is 18.2 Å². The fraction of sp³-hybridized carbons (Fsp3) is 0.231. The van der Waals surface area contributed by atoms with E-state index < -0.39 is 0 Å². The minimum Gasteiger partial charge on any atom is -0.493 e. The van der Waals surface area contributed by atoms with Gasteiger partial charge in [0, 0.05) is 5.56 Å². The summed E-state index contributed by atoms with van der Waals surface area (Å²) in [7, 11) is 4.54. The summed E-state index contributed by atoms with van der Waals surface area (Å²) in [5, 5.41) is 8.97. The number of rotatable bonds is 5. The molecule has 0 bridgehead atoms. The average Bonchev–Trinajstić information content (AvgIpc) is 2.42. The van der Waals surface area contributed by atoms with Gasteiger partial charge in [0.25, 0.3) is 0 Å².